The molecular weight excluding hydrogens is 170 g/mol. The summed E-state index contributed by atoms with van der Waals surface area (Å²) < 4.78 is 0. The van der Waals surface area contributed by atoms with Gasteiger partial charge in [-0.15, -0.1) is 0 Å². The molecule has 0 fully saturated rings. The van der Waals surface area contributed by atoms with Crippen molar-refractivity contribution in [2.45, 2.75) is 26.3 Å². The first-order chi connectivity index (χ1) is 5.88. The summed E-state index contributed by atoms with van der Waals surface area (Å²) in [6.07, 6.45) is 0. The molecule has 0 aromatic rings. The Labute approximate surface area is 78.1 Å². The van der Waals surface area contributed by atoms with Crippen LogP contribution in [0.15, 0.2) is 0 Å². The van der Waals surface area contributed by atoms with Crippen LogP contribution in [-0.2, 0) is 9.59 Å². The summed E-state index contributed by atoms with van der Waals surface area (Å²) in [4.78, 5) is 22.1. The van der Waals surface area contributed by atoms with Crippen LogP contribution in [0.1, 0.15) is 20.8 Å². The molecule has 0 aliphatic rings. The molecule has 5 nitrogen and oxygen atoms in total. The molecule has 0 rings (SSSR count). The van der Waals surface area contributed by atoms with Gasteiger partial charge in [-0.2, -0.15) is 0 Å². The van der Waals surface area contributed by atoms with E-state index in [1.807, 2.05) is 6.92 Å². The van der Waals surface area contributed by atoms with E-state index in [2.05, 4.69) is 10.6 Å². The van der Waals surface area contributed by atoms with Crippen LogP contribution in [-0.4, -0.2) is 30.4 Å². The van der Waals surface area contributed by atoms with Crippen LogP contribution in [0, 0.1) is 0 Å². The molecule has 13 heavy (non-hydrogen) atoms. The third-order valence-corrected chi connectivity index (χ3v) is 1.37. The Hall–Kier alpha value is -1.10. The minimum atomic E-state index is -0.938. The van der Waals surface area contributed by atoms with Crippen molar-refractivity contribution in [3.05, 3.63) is 0 Å². The van der Waals surface area contributed by atoms with Crippen molar-refractivity contribution in [1.29, 1.82) is 0 Å². The lowest BCUT2D eigenvalue weighted by Crippen LogP contribution is -2.51. The molecule has 0 heterocycles. The Kier molecular flexibility index (Phi) is 4.40. The van der Waals surface area contributed by atoms with E-state index in [9.17, 15) is 9.59 Å². The van der Waals surface area contributed by atoms with Gasteiger partial charge in [0.05, 0.1) is 12.1 Å². The maximum atomic E-state index is 11.2. The fourth-order valence-electron chi connectivity index (χ4n) is 0.648. The number of hydrogen-bond acceptors (Lipinski definition) is 3. The van der Waals surface area contributed by atoms with Gasteiger partial charge in [-0.05, 0) is 20.8 Å². The van der Waals surface area contributed by atoms with E-state index in [0.29, 0.717) is 6.54 Å². The van der Waals surface area contributed by atoms with E-state index in [0.717, 1.165) is 0 Å². The molecule has 0 unspecified atom stereocenters. The second kappa shape index (κ2) is 4.81. The number of nitrogens with two attached hydrogens (primary N) is 1. The summed E-state index contributed by atoms with van der Waals surface area (Å²) in [7, 11) is 0. The smallest absolute Gasteiger partial charge is 0.239 e. The summed E-state index contributed by atoms with van der Waals surface area (Å²) in [5.74, 6) is -0.543. The topological polar surface area (TPSA) is 84.2 Å². The van der Waals surface area contributed by atoms with E-state index in [1.165, 1.54) is 0 Å². The second-order valence-corrected chi connectivity index (χ2v) is 3.36. The minimum Gasteiger partial charge on any atom is -0.355 e. The Bertz CT molecular complexity index is 196. The molecular formula is C8H17N3O2. The van der Waals surface area contributed by atoms with E-state index in [-0.39, 0.29) is 18.4 Å². The third-order valence-electron chi connectivity index (χ3n) is 1.37. The third kappa shape index (κ3) is 5.19. The Balaban J connectivity index is 3.77. The maximum Gasteiger partial charge on any atom is 0.239 e. The van der Waals surface area contributed by atoms with E-state index >= 15 is 0 Å². The molecule has 2 amide bonds. The highest BCUT2D eigenvalue weighted by atomic mass is 16.2. The van der Waals surface area contributed by atoms with Gasteiger partial charge in [0.25, 0.3) is 0 Å². The van der Waals surface area contributed by atoms with Crippen molar-refractivity contribution in [2.75, 3.05) is 13.1 Å². The lowest BCUT2D eigenvalue weighted by atomic mass is 10.1. The lowest BCUT2D eigenvalue weighted by Gasteiger charge is -2.17. The molecule has 4 N–H and O–H groups in total. The van der Waals surface area contributed by atoms with Crippen LogP contribution in [0.25, 0.3) is 0 Å². The highest BCUT2D eigenvalue weighted by molar-refractivity contribution is 5.89. The van der Waals surface area contributed by atoms with Gasteiger partial charge in [0.2, 0.25) is 11.8 Å². The van der Waals surface area contributed by atoms with E-state index < -0.39 is 5.54 Å². The SMILES string of the molecule is CCNC(=O)CNC(=O)C(C)(C)N. The molecule has 0 saturated heterocycles. The molecule has 0 radical (unpaired) electrons. The number of rotatable bonds is 4. The first kappa shape index (κ1) is 11.9. The first-order valence-corrected chi connectivity index (χ1v) is 4.21. The van der Waals surface area contributed by atoms with Gasteiger partial charge in [0, 0.05) is 6.54 Å². The highest BCUT2D eigenvalue weighted by Crippen LogP contribution is 1.94. The molecule has 0 bridgehead atoms. The standard InChI is InChI=1S/C8H17N3O2/c1-4-10-6(12)5-11-7(13)8(2,3)9/h4-5,9H2,1-3H3,(H,10,12)(H,11,13). The zero-order chi connectivity index (χ0) is 10.5. The highest BCUT2D eigenvalue weighted by Gasteiger charge is 2.21. The fraction of sp³-hybridized carbons (Fsp3) is 0.750. The number of carbonyl (C=O) groups is 2. The predicted octanol–water partition coefficient (Wildman–Crippen LogP) is -1.02. The van der Waals surface area contributed by atoms with Crippen LogP contribution in [0.5, 0.6) is 0 Å². The normalized spacial score (nSPS) is 10.8. The van der Waals surface area contributed by atoms with Crippen LogP contribution in [0.4, 0.5) is 0 Å². The summed E-state index contributed by atoms with van der Waals surface area (Å²) >= 11 is 0. The zero-order valence-corrected chi connectivity index (χ0v) is 8.31. The van der Waals surface area contributed by atoms with Crippen molar-refractivity contribution in [3.63, 3.8) is 0 Å². The molecule has 0 saturated carbocycles. The van der Waals surface area contributed by atoms with Crippen LogP contribution < -0.4 is 16.4 Å². The molecule has 5 heteroatoms. The molecule has 0 atom stereocenters. The predicted molar refractivity (Wildman–Crippen MR) is 50.0 cm³/mol. The van der Waals surface area contributed by atoms with Gasteiger partial charge in [0.15, 0.2) is 0 Å². The molecule has 0 aromatic carbocycles. The number of nitrogens with one attached hydrogen (secondary N) is 2. The Morgan fingerprint density at radius 3 is 2.23 bits per heavy atom. The molecule has 0 aliphatic heterocycles. The average molecular weight is 187 g/mol. The van der Waals surface area contributed by atoms with Crippen molar-refractivity contribution in [3.8, 4) is 0 Å². The van der Waals surface area contributed by atoms with Gasteiger partial charge in [-0.1, -0.05) is 0 Å². The van der Waals surface area contributed by atoms with Crippen molar-refractivity contribution >= 4 is 11.8 Å². The van der Waals surface area contributed by atoms with Crippen molar-refractivity contribution < 1.29 is 9.59 Å². The van der Waals surface area contributed by atoms with Crippen molar-refractivity contribution in [1.82, 2.24) is 10.6 Å². The van der Waals surface area contributed by atoms with Crippen LogP contribution in [0.3, 0.4) is 0 Å². The lowest BCUT2D eigenvalue weighted by molar-refractivity contribution is -0.128. The van der Waals surface area contributed by atoms with Gasteiger partial charge >= 0.3 is 0 Å². The first-order valence-electron chi connectivity index (χ1n) is 4.21. The van der Waals surface area contributed by atoms with Gasteiger partial charge in [-0.3, -0.25) is 9.59 Å². The van der Waals surface area contributed by atoms with Crippen LogP contribution >= 0.6 is 0 Å². The fourth-order valence-corrected chi connectivity index (χ4v) is 0.648. The molecule has 0 aromatic heterocycles. The van der Waals surface area contributed by atoms with E-state index in [4.69, 9.17) is 5.73 Å². The summed E-state index contributed by atoms with van der Waals surface area (Å²) in [5, 5.41) is 4.99. The maximum absolute atomic E-state index is 11.2. The number of likely N-dealkylation sites (N-methyl/N-ethyl adjacent to an activating group) is 1. The monoisotopic (exact) mass is 187 g/mol. The van der Waals surface area contributed by atoms with Crippen LogP contribution in [0.2, 0.25) is 0 Å². The minimum absolute atomic E-state index is 0.0205. The number of hydrogen-bond donors (Lipinski definition) is 3. The van der Waals surface area contributed by atoms with Gasteiger partial charge in [-0.25, -0.2) is 0 Å². The molecule has 0 spiro atoms. The summed E-state index contributed by atoms with van der Waals surface area (Å²) in [6, 6.07) is 0. The summed E-state index contributed by atoms with van der Waals surface area (Å²) in [5.41, 5.74) is 4.56. The average Bonchev–Trinajstić information content (AvgIpc) is 1.99. The summed E-state index contributed by atoms with van der Waals surface area (Å²) in [6.45, 7) is 5.51. The van der Waals surface area contributed by atoms with Crippen molar-refractivity contribution in [2.24, 2.45) is 5.73 Å². The second-order valence-electron chi connectivity index (χ2n) is 3.36. The van der Waals surface area contributed by atoms with E-state index in [1.54, 1.807) is 13.8 Å². The zero-order valence-electron chi connectivity index (χ0n) is 8.31. The van der Waals surface area contributed by atoms with Gasteiger partial charge < -0.3 is 16.4 Å². The molecule has 76 valence electrons. The Morgan fingerprint density at radius 2 is 1.85 bits per heavy atom. The quantitative estimate of drug-likeness (QED) is 0.526. The largest absolute Gasteiger partial charge is 0.355 e. The molecule has 0 aliphatic carbocycles. The number of carbonyl (C=O) groups excluding carboxylic acids is 2. The number of amides is 2. The van der Waals surface area contributed by atoms with Gasteiger partial charge in [0.1, 0.15) is 0 Å². The Morgan fingerprint density at radius 1 is 1.31 bits per heavy atom.